The molecule has 0 aliphatic carbocycles. The van der Waals surface area contributed by atoms with Gasteiger partial charge in [0.2, 0.25) is 11.7 Å². The summed E-state index contributed by atoms with van der Waals surface area (Å²) in [5.41, 5.74) is 7.42. The highest BCUT2D eigenvalue weighted by Crippen LogP contribution is 2.29. The van der Waals surface area contributed by atoms with Crippen molar-refractivity contribution in [1.82, 2.24) is 15.0 Å². The average Bonchev–Trinajstić information content (AvgIpc) is 3.13. The Morgan fingerprint density at radius 2 is 2.08 bits per heavy atom. The van der Waals surface area contributed by atoms with Gasteiger partial charge in [-0.1, -0.05) is 24.2 Å². The molecule has 1 fully saturated rings. The Labute approximate surface area is 148 Å². The van der Waals surface area contributed by atoms with Crippen molar-refractivity contribution in [2.24, 2.45) is 11.1 Å². The van der Waals surface area contributed by atoms with E-state index < -0.39 is 0 Å². The fraction of sp³-hybridized carbons (Fsp3) is 0.529. The van der Waals surface area contributed by atoms with Gasteiger partial charge in [-0.2, -0.15) is 4.98 Å². The molecule has 6 nitrogen and oxygen atoms in total. The van der Waals surface area contributed by atoms with Crippen LogP contribution in [0.4, 0.5) is 0 Å². The van der Waals surface area contributed by atoms with E-state index in [-0.39, 0.29) is 17.8 Å². The largest absolute Gasteiger partial charge is 0.485 e. The van der Waals surface area contributed by atoms with E-state index in [4.69, 9.17) is 15.0 Å². The maximum absolute atomic E-state index is 5.87. The molecular formula is C17H25ClN4O2. The quantitative estimate of drug-likeness (QED) is 0.860. The summed E-state index contributed by atoms with van der Waals surface area (Å²) in [6.07, 6.45) is 1.18. The molecule has 0 spiro atoms. The van der Waals surface area contributed by atoms with Gasteiger partial charge in [0.05, 0.1) is 0 Å². The van der Waals surface area contributed by atoms with Crippen LogP contribution in [0.15, 0.2) is 28.8 Å². The smallest absolute Gasteiger partial charge is 0.223 e. The summed E-state index contributed by atoms with van der Waals surface area (Å²) < 4.78 is 10.6. The van der Waals surface area contributed by atoms with Gasteiger partial charge >= 0.3 is 0 Å². The SMILES string of the molecule is Cc1nc(COc2ccc(CN3CCC(C)(CN)C3)cc2)no1.Cl. The summed E-state index contributed by atoms with van der Waals surface area (Å²) in [6.45, 7) is 8.24. The molecule has 1 saturated heterocycles. The molecule has 0 radical (unpaired) electrons. The highest BCUT2D eigenvalue weighted by atomic mass is 35.5. The van der Waals surface area contributed by atoms with Crippen LogP contribution in [0.5, 0.6) is 5.75 Å². The molecule has 1 aliphatic heterocycles. The number of benzene rings is 1. The van der Waals surface area contributed by atoms with Crippen molar-refractivity contribution in [2.45, 2.75) is 33.4 Å². The van der Waals surface area contributed by atoms with Crippen LogP contribution in [0.3, 0.4) is 0 Å². The van der Waals surface area contributed by atoms with Crippen molar-refractivity contribution in [3.8, 4) is 5.75 Å². The maximum atomic E-state index is 5.87. The van der Waals surface area contributed by atoms with Crippen molar-refractivity contribution in [1.29, 1.82) is 0 Å². The van der Waals surface area contributed by atoms with Gasteiger partial charge in [-0.05, 0) is 42.6 Å². The van der Waals surface area contributed by atoms with Gasteiger partial charge in [-0.15, -0.1) is 12.4 Å². The Hall–Kier alpha value is -1.63. The second-order valence-corrected chi connectivity index (χ2v) is 6.64. The van der Waals surface area contributed by atoms with Crippen molar-refractivity contribution in [3.05, 3.63) is 41.5 Å². The molecule has 2 aromatic rings. The summed E-state index contributed by atoms with van der Waals surface area (Å²) >= 11 is 0. The molecule has 132 valence electrons. The lowest BCUT2D eigenvalue weighted by Crippen LogP contribution is -2.31. The molecule has 3 rings (SSSR count). The van der Waals surface area contributed by atoms with Gasteiger partial charge in [0, 0.05) is 20.0 Å². The molecule has 0 bridgehead atoms. The number of hydrogen-bond acceptors (Lipinski definition) is 6. The van der Waals surface area contributed by atoms with E-state index in [0.717, 1.165) is 31.9 Å². The second kappa shape index (κ2) is 7.96. The highest BCUT2D eigenvalue weighted by molar-refractivity contribution is 5.85. The van der Waals surface area contributed by atoms with Crippen molar-refractivity contribution in [2.75, 3.05) is 19.6 Å². The number of halogens is 1. The van der Waals surface area contributed by atoms with Crippen LogP contribution in [-0.4, -0.2) is 34.7 Å². The molecule has 7 heteroatoms. The molecule has 1 unspecified atom stereocenters. The van der Waals surface area contributed by atoms with E-state index in [1.54, 1.807) is 6.92 Å². The summed E-state index contributed by atoms with van der Waals surface area (Å²) in [7, 11) is 0. The standard InChI is InChI=1S/C17H24N4O2.ClH/c1-13-19-16(20-23-13)10-22-15-5-3-14(4-6-15)9-21-8-7-17(2,11-18)12-21;/h3-6H,7-12,18H2,1-2H3;1H. The monoisotopic (exact) mass is 352 g/mol. The van der Waals surface area contributed by atoms with E-state index in [2.05, 4.69) is 34.1 Å². The molecular weight excluding hydrogens is 328 g/mol. The van der Waals surface area contributed by atoms with Crippen LogP contribution < -0.4 is 10.5 Å². The van der Waals surface area contributed by atoms with Crippen LogP contribution in [0.1, 0.15) is 30.6 Å². The van der Waals surface area contributed by atoms with Crippen LogP contribution >= 0.6 is 12.4 Å². The van der Waals surface area contributed by atoms with Crippen molar-refractivity contribution >= 4 is 12.4 Å². The zero-order valence-electron chi connectivity index (χ0n) is 14.2. The number of nitrogens with two attached hydrogens (primary N) is 1. The average molecular weight is 353 g/mol. The lowest BCUT2D eigenvalue weighted by atomic mass is 9.90. The number of hydrogen-bond donors (Lipinski definition) is 1. The minimum Gasteiger partial charge on any atom is -0.485 e. The van der Waals surface area contributed by atoms with Crippen LogP contribution in [0.2, 0.25) is 0 Å². The molecule has 0 amide bonds. The van der Waals surface area contributed by atoms with Crippen molar-refractivity contribution < 1.29 is 9.26 Å². The molecule has 24 heavy (non-hydrogen) atoms. The Balaban J connectivity index is 0.00000208. The predicted molar refractivity (Wildman–Crippen MR) is 94.1 cm³/mol. The zero-order valence-corrected chi connectivity index (χ0v) is 15.0. The maximum Gasteiger partial charge on any atom is 0.223 e. The summed E-state index contributed by atoms with van der Waals surface area (Å²) in [5, 5.41) is 3.81. The molecule has 0 saturated carbocycles. The minimum absolute atomic E-state index is 0. The Morgan fingerprint density at radius 1 is 1.33 bits per heavy atom. The molecule has 2 N–H and O–H groups in total. The van der Waals surface area contributed by atoms with Gasteiger partial charge in [0.1, 0.15) is 5.75 Å². The minimum atomic E-state index is 0. The van der Waals surface area contributed by atoms with E-state index in [1.165, 1.54) is 12.0 Å². The normalized spacial score (nSPS) is 20.8. The van der Waals surface area contributed by atoms with Gasteiger partial charge < -0.3 is 15.0 Å². The first-order valence-corrected chi connectivity index (χ1v) is 8.00. The molecule has 1 aromatic carbocycles. The van der Waals surface area contributed by atoms with Gasteiger partial charge in [-0.3, -0.25) is 4.90 Å². The fourth-order valence-electron chi connectivity index (χ4n) is 2.92. The highest BCUT2D eigenvalue weighted by Gasteiger charge is 2.32. The summed E-state index contributed by atoms with van der Waals surface area (Å²) in [4.78, 5) is 6.58. The van der Waals surface area contributed by atoms with Gasteiger partial charge in [-0.25, -0.2) is 0 Å². The van der Waals surface area contributed by atoms with Gasteiger partial charge in [0.25, 0.3) is 0 Å². The third-order valence-electron chi connectivity index (χ3n) is 4.40. The molecule has 1 atom stereocenters. The Bertz CT molecular complexity index is 646. The van der Waals surface area contributed by atoms with Crippen LogP contribution in [0, 0.1) is 12.3 Å². The first-order chi connectivity index (χ1) is 11.1. The van der Waals surface area contributed by atoms with Gasteiger partial charge in [0.15, 0.2) is 6.61 Å². The number of ether oxygens (including phenoxy) is 1. The van der Waals surface area contributed by atoms with E-state index in [1.807, 2.05) is 12.1 Å². The Kier molecular flexibility index (Phi) is 6.21. The predicted octanol–water partition coefficient (Wildman–Crippen LogP) is 2.55. The second-order valence-electron chi connectivity index (χ2n) is 6.64. The zero-order chi connectivity index (χ0) is 16.3. The Morgan fingerprint density at radius 3 is 2.67 bits per heavy atom. The van der Waals surface area contributed by atoms with E-state index >= 15 is 0 Å². The number of likely N-dealkylation sites (tertiary alicyclic amines) is 1. The summed E-state index contributed by atoms with van der Waals surface area (Å²) in [5.74, 6) is 1.92. The third-order valence-corrected chi connectivity index (χ3v) is 4.40. The number of rotatable bonds is 6. The molecule has 2 heterocycles. The van der Waals surface area contributed by atoms with Crippen LogP contribution in [-0.2, 0) is 13.2 Å². The fourth-order valence-corrected chi connectivity index (χ4v) is 2.92. The lowest BCUT2D eigenvalue weighted by Gasteiger charge is -2.22. The summed E-state index contributed by atoms with van der Waals surface area (Å²) in [6, 6.07) is 8.19. The number of nitrogens with zero attached hydrogens (tertiary/aromatic N) is 3. The third kappa shape index (κ3) is 4.69. The first kappa shape index (κ1) is 18.7. The number of aryl methyl sites for hydroxylation is 1. The molecule has 1 aliphatic rings. The van der Waals surface area contributed by atoms with E-state index in [9.17, 15) is 0 Å². The van der Waals surface area contributed by atoms with Crippen LogP contribution in [0.25, 0.3) is 0 Å². The lowest BCUT2D eigenvalue weighted by molar-refractivity contribution is 0.273. The topological polar surface area (TPSA) is 77.4 Å². The number of aromatic nitrogens is 2. The van der Waals surface area contributed by atoms with Crippen molar-refractivity contribution in [3.63, 3.8) is 0 Å². The first-order valence-electron chi connectivity index (χ1n) is 8.00. The van der Waals surface area contributed by atoms with E-state index in [0.29, 0.717) is 18.3 Å². The molecule has 1 aromatic heterocycles.